The van der Waals surface area contributed by atoms with Crippen LogP contribution in [-0.4, -0.2) is 39.5 Å². The van der Waals surface area contributed by atoms with E-state index in [1.807, 2.05) is 0 Å². The number of primary amides is 1. The number of thioether (sulfide) groups is 1. The molecule has 158 valence electrons. The molecule has 0 unspecified atom stereocenters. The van der Waals surface area contributed by atoms with Gasteiger partial charge in [0.05, 0.1) is 0 Å². The Kier molecular flexibility index (Phi) is 7.35. The molecule has 0 atom stereocenters. The number of hydrogen-bond acceptors (Lipinski definition) is 5. The monoisotopic (exact) mass is 415 g/mol. The molecule has 3 rings (SSSR count). The zero-order chi connectivity index (χ0) is 20.9. The Hall–Kier alpha value is -1.86. The van der Waals surface area contributed by atoms with Gasteiger partial charge in [-0.05, 0) is 23.8 Å². The summed E-state index contributed by atoms with van der Waals surface area (Å²) < 4.78 is 2.35. The summed E-state index contributed by atoms with van der Waals surface area (Å²) in [6.45, 7) is 8.13. The molecule has 6 nitrogen and oxygen atoms in total. The zero-order valence-electron chi connectivity index (χ0n) is 17.8. The Morgan fingerprint density at radius 3 is 2.48 bits per heavy atom. The van der Waals surface area contributed by atoms with Gasteiger partial charge in [0.15, 0.2) is 11.0 Å². The normalized spacial score (nSPS) is 15.1. The molecule has 7 heteroatoms. The molecule has 0 aliphatic heterocycles. The number of aromatic nitrogens is 3. The van der Waals surface area contributed by atoms with Crippen LogP contribution in [0.15, 0.2) is 29.4 Å². The Labute approximate surface area is 178 Å². The van der Waals surface area contributed by atoms with Gasteiger partial charge in [0.25, 0.3) is 0 Å². The number of nitrogens with one attached hydrogen (secondary N) is 1. The van der Waals surface area contributed by atoms with Crippen LogP contribution in [0.3, 0.4) is 0 Å². The quantitative estimate of drug-likeness (QED) is 0.479. The Bertz CT molecular complexity index is 804. The fourth-order valence-corrected chi connectivity index (χ4v) is 4.64. The predicted molar refractivity (Wildman–Crippen MR) is 119 cm³/mol. The summed E-state index contributed by atoms with van der Waals surface area (Å²) >= 11 is 1.73. The van der Waals surface area contributed by atoms with E-state index in [0.29, 0.717) is 19.0 Å². The minimum absolute atomic E-state index is 0.139. The first kappa shape index (κ1) is 21.8. The molecule has 1 fully saturated rings. The van der Waals surface area contributed by atoms with E-state index in [1.165, 1.54) is 31.2 Å². The lowest BCUT2D eigenvalue weighted by atomic mass is 9.86. The second kappa shape index (κ2) is 9.76. The van der Waals surface area contributed by atoms with E-state index in [0.717, 1.165) is 28.8 Å². The summed E-state index contributed by atoms with van der Waals surface area (Å²) in [6.07, 6.45) is 5.29. The van der Waals surface area contributed by atoms with Gasteiger partial charge < -0.3 is 11.1 Å². The summed E-state index contributed by atoms with van der Waals surface area (Å²) in [5.74, 6) is 1.59. The van der Waals surface area contributed by atoms with Gasteiger partial charge in [-0.3, -0.25) is 9.36 Å². The first-order valence-electron chi connectivity index (χ1n) is 10.5. The standard InChI is InChI=1S/C22H33N5OS/c1-22(2,3)17-10-8-16(9-11-17)20-25-26-21(27(20)18-6-4-5-7-18)29-15-14-24-13-12-19(23)28/h8-11,18,24H,4-7,12-15H2,1-3H3,(H2,23,28). The van der Waals surface area contributed by atoms with Crippen LogP contribution in [0.25, 0.3) is 11.4 Å². The highest BCUT2D eigenvalue weighted by molar-refractivity contribution is 7.99. The van der Waals surface area contributed by atoms with Crippen LogP contribution < -0.4 is 11.1 Å². The highest BCUT2D eigenvalue weighted by Crippen LogP contribution is 2.37. The van der Waals surface area contributed by atoms with Crippen molar-refractivity contribution in [3.63, 3.8) is 0 Å². The van der Waals surface area contributed by atoms with Crippen molar-refractivity contribution in [2.45, 2.75) is 69.5 Å². The topological polar surface area (TPSA) is 85.8 Å². The smallest absolute Gasteiger partial charge is 0.218 e. The van der Waals surface area contributed by atoms with Crippen molar-refractivity contribution in [1.82, 2.24) is 20.1 Å². The Morgan fingerprint density at radius 2 is 1.86 bits per heavy atom. The number of amides is 1. The van der Waals surface area contributed by atoms with E-state index in [-0.39, 0.29) is 11.3 Å². The Morgan fingerprint density at radius 1 is 1.17 bits per heavy atom. The van der Waals surface area contributed by atoms with Crippen LogP contribution >= 0.6 is 11.8 Å². The minimum atomic E-state index is -0.270. The maximum atomic E-state index is 10.8. The molecule has 1 saturated carbocycles. The van der Waals surface area contributed by atoms with Crippen LogP contribution in [0.4, 0.5) is 0 Å². The third-order valence-corrected chi connectivity index (χ3v) is 6.37. The van der Waals surface area contributed by atoms with Gasteiger partial charge in [-0.25, -0.2) is 0 Å². The number of carbonyl (C=O) groups is 1. The van der Waals surface area contributed by atoms with Gasteiger partial charge in [-0.2, -0.15) is 0 Å². The van der Waals surface area contributed by atoms with Gasteiger partial charge >= 0.3 is 0 Å². The molecule has 1 heterocycles. The van der Waals surface area contributed by atoms with Crippen LogP contribution in [0.2, 0.25) is 0 Å². The van der Waals surface area contributed by atoms with E-state index < -0.39 is 0 Å². The lowest BCUT2D eigenvalue weighted by Crippen LogP contribution is -2.23. The molecule has 0 spiro atoms. The number of nitrogens with two attached hydrogens (primary N) is 1. The lowest BCUT2D eigenvalue weighted by molar-refractivity contribution is -0.117. The van der Waals surface area contributed by atoms with E-state index in [9.17, 15) is 4.79 Å². The predicted octanol–water partition coefficient (Wildman–Crippen LogP) is 3.91. The summed E-state index contributed by atoms with van der Waals surface area (Å²) in [6, 6.07) is 9.25. The molecule has 1 aromatic heterocycles. The molecule has 1 aromatic carbocycles. The molecule has 1 aliphatic carbocycles. The number of benzene rings is 1. The molecule has 3 N–H and O–H groups in total. The van der Waals surface area contributed by atoms with Crippen molar-refractivity contribution >= 4 is 17.7 Å². The average Bonchev–Trinajstić information content (AvgIpc) is 3.33. The summed E-state index contributed by atoms with van der Waals surface area (Å²) in [7, 11) is 0. The minimum Gasteiger partial charge on any atom is -0.370 e. The third kappa shape index (κ3) is 5.82. The van der Waals surface area contributed by atoms with Crippen molar-refractivity contribution in [1.29, 1.82) is 0 Å². The second-order valence-corrected chi connectivity index (χ2v) is 9.82. The molecule has 29 heavy (non-hydrogen) atoms. The van der Waals surface area contributed by atoms with E-state index in [2.05, 4.69) is 65.1 Å². The van der Waals surface area contributed by atoms with Gasteiger partial charge in [-0.15, -0.1) is 10.2 Å². The Balaban J connectivity index is 1.73. The fraction of sp³-hybridized carbons (Fsp3) is 0.591. The van der Waals surface area contributed by atoms with Gasteiger partial charge in [0.2, 0.25) is 5.91 Å². The summed E-state index contributed by atoms with van der Waals surface area (Å²) in [4.78, 5) is 10.8. The van der Waals surface area contributed by atoms with Crippen LogP contribution in [-0.2, 0) is 10.2 Å². The molecule has 0 bridgehead atoms. The van der Waals surface area contributed by atoms with Crippen molar-refractivity contribution in [3.05, 3.63) is 29.8 Å². The molecule has 1 amide bonds. The first-order valence-corrected chi connectivity index (χ1v) is 11.5. The van der Waals surface area contributed by atoms with Gasteiger partial charge in [0, 0.05) is 36.9 Å². The van der Waals surface area contributed by atoms with Crippen LogP contribution in [0, 0.1) is 0 Å². The largest absolute Gasteiger partial charge is 0.370 e. The van der Waals surface area contributed by atoms with Crippen LogP contribution in [0.5, 0.6) is 0 Å². The third-order valence-electron chi connectivity index (χ3n) is 5.42. The van der Waals surface area contributed by atoms with Crippen LogP contribution in [0.1, 0.15) is 64.5 Å². The lowest BCUT2D eigenvalue weighted by Gasteiger charge is -2.20. The second-order valence-electron chi connectivity index (χ2n) is 8.76. The molecule has 0 radical (unpaired) electrons. The number of carbonyl (C=O) groups excluding carboxylic acids is 1. The molecular weight excluding hydrogens is 382 g/mol. The van der Waals surface area contributed by atoms with Crippen molar-refractivity contribution in [3.8, 4) is 11.4 Å². The fourth-order valence-electron chi connectivity index (χ4n) is 3.73. The summed E-state index contributed by atoms with van der Waals surface area (Å²) in [5, 5.41) is 13.3. The molecule has 1 aliphatic rings. The van der Waals surface area contributed by atoms with Gasteiger partial charge in [0.1, 0.15) is 0 Å². The highest BCUT2D eigenvalue weighted by Gasteiger charge is 2.25. The molecule has 0 saturated heterocycles. The van der Waals surface area contributed by atoms with Crippen molar-refractivity contribution < 1.29 is 4.79 Å². The maximum absolute atomic E-state index is 10.8. The average molecular weight is 416 g/mol. The molecule has 2 aromatic rings. The van der Waals surface area contributed by atoms with E-state index in [1.54, 1.807) is 11.8 Å². The van der Waals surface area contributed by atoms with Crippen molar-refractivity contribution in [2.75, 3.05) is 18.8 Å². The molecular formula is C22H33N5OS. The zero-order valence-corrected chi connectivity index (χ0v) is 18.6. The van der Waals surface area contributed by atoms with Gasteiger partial charge in [-0.1, -0.05) is 69.6 Å². The SMILES string of the molecule is CC(C)(C)c1ccc(-c2nnc(SCCNCCC(N)=O)n2C2CCCC2)cc1. The summed E-state index contributed by atoms with van der Waals surface area (Å²) in [5.41, 5.74) is 7.76. The maximum Gasteiger partial charge on any atom is 0.218 e. The van der Waals surface area contributed by atoms with E-state index in [4.69, 9.17) is 5.73 Å². The first-order chi connectivity index (χ1) is 13.9. The number of hydrogen-bond donors (Lipinski definition) is 2. The number of rotatable bonds is 9. The highest BCUT2D eigenvalue weighted by atomic mass is 32.2. The van der Waals surface area contributed by atoms with Crippen molar-refractivity contribution in [2.24, 2.45) is 5.73 Å². The number of nitrogens with zero attached hydrogens (tertiary/aromatic N) is 3. The van der Waals surface area contributed by atoms with E-state index >= 15 is 0 Å².